The maximum absolute atomic E-state index is 12.5. The highest BCUT2D eigenvalue weighted by Gasteiger charge is 2.19. The molecule has 0 aromatic heterocycles. The average molecular weight is 284 g/mol. The van der Waals surface area contributed by atoms with Gasteiger partial charge in [-0.1, -0.05) is 6.07 Å². The summed E-state index contributed by atoms with van der Waals surface area (Å²) in [5, 5.41) is 3.37. The molecule has 0 bridgehead atoms. The van der Waals surface area contributed by atoms with Crippen molar-refractivity contribution >= 4 is 0 Å². The van der Waals surface area contributed by atoms with Crippen molar-refractivity contribution in [1.82, 2.24) is 10.2 Å². The van der Waals surface area contributed by atoms with E-state index in [9.17, 15) is 8.78 Å². The van der Waals surface area contributed by atoms with Crippen LogP contribution in [0.4, 0.5) is 8.78 Å². The second-order valence-corrected chi connectivity index (χ2v) is 5.51. The maximum Gasteiger partial charge on any atom is 0.387 e. The van der Waals surface area contributed by atoms with Gasteiger partial charge in [0.05, 0.1) is 0 Å². The molecule has 0 spiro atoms. The number of hydrogen-bond acceptors (Lipinski definition) is 3. The highest BCUT2D eigenvalue weighted by Crippen LogP contribution is 2.26. The fourth-order valence-corrected chi connectivity index (χ4v) is 2.58. The largest absolute Gasteiger partial charge is 0.434 e. The van der Waals surface area contributed by atoms with Crippen molar-refractivity contribution < 1.29 is 13.5 Å². The first-order chi connectivity index (χ1) is 9.45. The zero-order chi connectivity index (χ0) is 14.7. The Morgan fingerprint density at radius 3 is 2.70 bits per heavy atom. The molecule has 20 heavy (non-hydrogen) atoms. The van der Waals surface area contributed by atoms with Crippen LogP contribution in [0, 0.1) is 13.8 Å². The van der Waals surface area contributed by atoms with E-state index in [-0.39, 0.29) is 0 Å². The molecule has 3 nitrogen and oxygen atoms in total. The number of benzene rings is 1. The molecule has 112 valence electrons. The minimum atomic E-state index is -2.78. The highest BCUT2D eigenvalue weighted by molar-refractivity contribution is 5.41. The first kappa shape index (κ1) is 15.2. The van der Waals surface area contributed by atoms with Gasteiger partial charge in [-0.15, -0.1) is 0 Å². The summed E-state index contributed by atoms with van der Waals surface area (Å²) in [7, 11) is 0. The van der Waals surface area contributed by atoms with E-state index in [1.807, 2.05) is 19.9 Å². The summed E-state index contributed by atoms with van der Waals surface area (Å²) in [6.07, 6.45) is 0. The summed E-state index contributed by atoms with van der Waals surface area (Å²) in [5.41, 5.74) is 2.91. The Morgan fingerprint density at radius 1 is 1.35 bits per heavy atom. The Labute approximate surface area is 118 Å². The van der Waals surface area contributed by atoms with E-state index in [1.54, 1.807) is 6.07 Å². The molecule has 1 aromatic rings. The van der Waals surface area contributed by atoms with E-state index in [0.717, 1.165) is 36.3 Å². The lowest BCUT2D eigenvalue weighted by Gasteiger charge is -2.32. The van der Waals surface area contributed by atoms with Gasteiger partial charge in [-0.3, -0.25) is 4.90 Å². The Kier molecular flexibility index (Phi) is 4.94. The molecule has 1 N–H and O–H groups in total. The first-order valence-electron chi connectivity index (χ1n) is 6.96. The van der Waals surface area contributed by atoms with E-state index in [0.29, 0.717) is 18.3 Å². The molecule has 0 saturated carbocycles. The maximum atomic E-state index is 12.5. The van der Waals surface area contributed by atoms with Crippen molar-refractivity contribution in [3.05, 3.63) is 28.8 Å². The number of piperazine rings is 1. The van der Waals surface area contributed by atoms with Crippen molar-refractivity contribution in [3.8, 4) is 5.75 Å². The lowest BCUT2D eigenvalue weighted by molar-refractivity contribution is -0.0508. The quantitative estimate of drug-likeness (QED) is 0.920. The number of alkyl halides is 2. The standard InChI is InChI=1S/C15H22F2N2O/c1-10-6-13(9-19-5-4-18-12(3)8-19)14(7-11(10)2)20-15(16)17/h6-7,12,15,18H,4-5,8-9H2,1-3H3. The Balaban J connectivity index is 2.18. The van der Waals surface area contributed by atoms with E-state index in [2.05, 4.69) is 21.9 Å². The minimum absolute atomic E-state index is 0.300. The van der Waals surface area contributed by atoms with Gasteiger partial charge in [0.15, 0.2) is 0 Å². The van der Waals surface area contributed by atoms with Crippen molar-refractivity contribution in [2.45, 2.75) is 40.0 Å². The van der Waals surface area contributed by atoms with Crippen LogP contribution in [0.5, 0.6) is 5.75 Å². The van der Waals surface area contributed by atoms with Crippen molar-refractivity contribution in [1.29, 1.82) is 0 Å². The summed E-state index contributed by atoms with van der Waals surface area (Å²) in [5.74, 6) is 0.300. The minimum Gasteiger partial charge on any atom is -0.434 e. The molecule has 5 heteroatoms. The Hall–Kier alpha value is -1.20. The molecular weight excluding hydrogens is 262 g/mol. The van der Waals surface area contributed by atoms with Gasteiger partial charge in [0, 0.05) is 37.8 Å². The third kappa shape index (κ3) is 3.90. The van der Waals surface area contributed by atoms with Crippen molar-refractivity contribution in [2.24, 2.45) is 0 Å². The molecule has 1 aliphatic heterocycles. The van der Waals surface area contributed by atoms with Crippen LogP contribution in [-0.2, 0) is 6.54 Å². The van der Waals surface area contributed by atoms with Crippen molar-refractivity contribution in [3.63, 3.8) is 0 Å². The zero-order valence-electron chi connectivity index (χ0n) is 12.2. The average Bonchev–Trinajstić information content (AvgIpc) is 2.35. The van der Waals surface area contributed by atoms with Crippen LogP contribution >= 0.6 is 0 Å². The third-order valence-electron chi connectivity index (χ3n) is 3.74. The number of nitrogens with zero attached hydrogens (tertiary/aromatic N) is 1. The third-order valence-corrected chi connectivity index (χ3v) is 3.74. The van der Waals surface area contributed by atoms with Gasteiger partial charge in [0.25, 0.3) is 0 Å². The predicted octanol–water partition coefficient (Wildman–Crippen LogP) is 2.70. The molecule has 1 aliphatic rings. The molecule has 2 rings (SSSR count). The van der Waals surface area contributed by atoms with Crippen LogP contribution in [0.25, 0.3) is 0 Å². The lowest BCUT2D eigenvalue weighted by Crippen LogP contribution is -2.48. The highest BCUT2D eigenvalue weighted by atomic mass is 19.3. The molecule has 1 saturated heterocycles. The van der Waals surface area contributed by atoms with Gasteiger partial charge in [-0.05, 0) is 38.0 Å². The fourth-order valence-electron chi connectivity index (χ4n) is 2.58. The number of halogens is 2. The van der Waals surface area contributed by atoms with Crippen LogP contribution in [0.15, 0.2) is 12.1 Å². The van der Waals surface area contributed by atoms with Gasteiger partial charge in [-0.25, -0.2) is 0 Å². The molecule has 1 atom stereocenters. The fraction of sp³-hybridized carbons (Fsp3) is 0.600. The van der Waals surface area contributed by atoms with Gasteiger partial charge < -0.3 is 10.1 Å². The zero-order valence-corrected chi connectivity index (χ0v) is 12.2. The van der Waals surface area contributed by atoms with E-state index in [1.165, 1.54) is 0 Å². The predicted molar refractivity (Wildman–Crippen MR) is 75.3 cm³/mol. The topological polar surface area (TPSA) is 24.5 Å². The SMILES string of the molecule is Cc1cc(CN2CCNC(C)C2)c(OC(F)F)cc1C. The second-order valence-electron chi connectivity index (χ2n) is 5.51. The van der Waals surface area contributed by atoms with Crippen LogP contribution in [0.1, 0.15) is 23.6 Å². The van der Waals surface area contributed by atoms with Gasteiger partial charge >= 0.3 is 6.61 Å². The molecule has 1 aromatic carbocycles. The Morgan fingerprint density at radius 2 is 2.05 bits per heavy atom. The van der Waals surface area contributed by atoms with Crippen LogP contribution in [-0.4, -0.2) is 37.2 Å². The summed E-state index contributed by atoms with van der Waals surface area (Å²) < 4.78 is 29.7. The van der Waals surface area contributed by atoms with Crippen molar-refractivity contribution in [2.75, 3.05) is 19.6 Å². The smallest absolute Gasteiger partial charge is 0.387 e. The van der Waals surface area contributed by atoms with Gasteiger partial charge in [0.1, 0.15) is 5.75 Å². The number of ether oxygens (including phenoxy) is 1. The number of aryl methyl sites for hydroxylation is 2. The molecule has 0 amide bonds. The summed E-state index contributed by atoms with van der Waals surface area (Å²) >= 11 is 0. The molecule has 1 heterocycles. The number of hydrogen-bond donors (Lipinski definition) is 1. The molecular formula is C15H22F2N2O. The number of rotatable bonds is 4. The summed E-state index contributed by atoms with van der Waals surface area (Å²) in [4.78, 5) is 2.27. The van der Waals surface area contributed by atoms with Crippen LogP contribution in [0.2, 0.25) is 0 Å². The number of nitrogens with one attached hydrogen (secondary N) is 1. The van der Waals surface area contributed by atoms with E-state index < -0.39 is 6.61 Å². The normalized spacial score (nSPS) is 20.4. The lowest BCUT2D eigenvalue weighted by atomic mass is 10.0. The molecule has 0 aliphatic carbocycles. The van der Waals surface area contributed by atoms with Crippen LogP contribution < -0.4 is 10.1 Å². The molecule has 1 unspecified atom stereocenters. The van der Waals surface area contributed by atoms with Crippen LogP contribution in [0.3, 0.4) is 0 Å². The monoisotopic (exact) mass is 284 g/mol. The second kappa shape index (κ2) is 6.50. The Bertz CT molecular complexity index is 465. The summed E-state index contributed by atoms with van der Waals surface area (Å²) in [6.45, 7) is 6.66. The first-order valence-corrected chi connectivity index (χ1v) is 6.96. The van der Waals surface area contributed by atoms with Gasteiger partial charge in [0.2, 0.25) is 0 Å². The summed E-state index contributed by atoms with van der Waals surface area (Å²) in [6, 6.07) is 4.09. The van der Waals surface area contributed by atoms with E-state index >= 15 is 0 Å². The van der Waals surface area contributed by atoms with E-state index in [4.69, 9.17) is 0 Å². The van der Waals surface area contributed by atoms with Gasteiger partial charge in [-0.2, -0.15) is 8.78 Å². The molecule has 0 radical (unpaired) electrons. The molecule has 1 fully saturated rings.